The first-order chi connectivity index (χ1) is 35.1. The molecule has 0 aromatic heterocycles. The quantitative estimate of drug-likeness (QED) is 0.0870. The molecule has 6 aliphatic heterocycles. The zero-order chi connectivity index (χ0) is 53.1. The Morgan fingerprint density at radius 1 is 0.514 bits per heavy atom. The first kappa shape index (κ1) is 56.3. The van der Waals surface area contributed by atoms with Crippen molar-refractivity contribution in [3.05, 3.63) is 0 Å². The van der Waals surface area contributed by atoms with Gasteiger partial charge in [0, 0.05) is 18.3 Å². The summed E-state index contributed by atoms with van der Waals surface area (Å²) in [6, 6.07) is 0. The maximum Gasteiger partial charge on any atom is 0.187 e. The highest BCUT2D eigenvalue weighted by Crippen LogP contribution is 2.71. The van der Waals surface area contributed by atoms with Crippen molar-refractivity contribution in [1.82, 2.24) is 0 Å². The smallest absolute Gasteiger partial charge is 0.187 e. The van der Waals surface area contributed by atoms with Gasteiger partial charge < -0.3 is 119 Å². The summed E-state index contributed by atoms with van der Waals surface area (Å²) >= 11 is 0. The minimum atomic E-state index is -2.03. The Labute approximate surface area is 429 Å². The van der Waals surface area contributed by atoms with Gasteiger partial charge in [0.2, 0.25) is 0 Å². The average Bonchev–Trinajstić information content (AvgIpc) is 3.79. The average molecular weight is 1070 g/mol. The van der Waals surface area contributed by atoms with E-state index in [2.05, 4.69) is 27.7 Å². The fraction of sp³-hybridized carbons (Fsp3) is 1.00. The van der Waals surface area contributed by atoms with Gasteiger partial charge in [0.25, 0.3) is 0 Å². The van der Waals surface area contributed by atoms with E-state index in [1.165, 1.54) is 0 Å². The minimum Gasteiger partial charge on any atom is -0.394 e. The summed E-state index contributed by atoms with van der Waals surface area (Å²) in [5.41, 5.74) is -0.460. The molecule has 0 radical (unpaired) electrons. The van der Waals surface area contributed by atoms with Crippen molar-refractivity contribution < 1.29 is 119 Å². The molecular weight excluding hydrogens is 985 g/mol. The number of hydrogen-bond donors (Lipinski definition) is 14. The van der Waals surface area contributed by atoms with Crippen LogP contribution in [0.3, 0.4) is 0 Å². The molecule has 0 aromatic carbocycles. The van der Waals surface area contributed by atoms with Crippen molar-refractivity contribution in [1.29, 1.82) is 0 Å². The summed E-state index contributed by atoms with van der Waals surface area (Å²) in [5, 5.41) is 154. The molecule has 0 amide bonds. The molecule has 6 heterocycles. The van der Waals surface area contributed by atoms with Crippen molar-refractivity contribution in [2.75, 3.05) is 33.0 Å². The molecule has 4 saturated carbocycles. The highest BCUT2D eigenvalue weighted by atomic mass is 16.8. The zero-order valence-corrected chi connectivity index (χ0v) is 42.4. The molecule has 4 aliphatic carbocycles. The largest absolute Gasteiger partial charge is 0.394 e. The second-order valence-electron chi connectivity index (χ2n) is 24.1. The Kier molecular flexibility index (Phi) is 16.4. The number of hydrogen-bond acceptors (Lipinski definition) is 24. The molecule has 0 unspecified atom stereocenters. The lowest BCUT2D eigenvalue weighted by atomic mass is 9.44. The predicted molar refractivity (Wildman–Crippen MR) is 245 cm³/mol. The van der Waals surface area contributed by atoms with Crippen molar-refractivity contribution in [3.63, 3.8) is 0 Å². The summed E-state index contributed by atoms with van der Waals surface area (Å²) in [4.78, 5) is 0. The second kappa shape index (κ2) is 21.5. The lowest BCUT2D eigenvalue weighted by Gasteiger charge is -2.62. The van der Waals surface area contributed by atoms with Gasteiger partial charge in [-0.25, -0.2) is 0 Å². The number of fused-ring (bicyclic) bond motifs is 7. The van der Waals surface area contributed by atoms with E-state index in [1.807, 2.05) is 0 Å². The summed E-state index contributed by atoms with van der Waals surface area (Å²) in [6.07, 6.45) is -30.7. The highest BCUT2D eigenvalue weighted by Gasteiger charge is 2.73. The molecule has 6 saturated heterocycles. The normalized spacial score (nSPS) is 58.6. The molecular formula is C50H82O24. The van der Waals surface area contributed by atoms with Crippen LogP contribution in [0.2, 0.25) is 0 Å². The van der Waals surface area contributed by atoms with Crippen LogP contribution >= 0.6 is 0 Å². The highest BCUT2D eigenvalue weighted by molar-refractivity contribution is 5.19. The Hall–Kier alpha value is -0.960. The van der Waals surface area contributed by atoms with E-state index in [-0.39, 0.29) is 52.4 Å². The Balaban J connectivity index is 0.830. The van der Waals surface area contributed by atoms with Gasteiger partial charge in [0.1, 0.15) is 91.6 Å². The van der Waals surface area contributed by atoms with E-state index < -0.39 is 167 Å². The minimum absolute atomic E-state index is 0.0229. The zero-order valence-electron chi connectivity index (χ0n) is 42.4. The van der Waals surface area contributed by atoms with Crippen LogP contribution in [-0.4, -0.2) is 251 Å². The van der Waals surface area contributed by atoms with Gasteiger partial charge in [-0.2, -0.15) is 0 Å². The van der Waals surface area contributed by atoms with Crippen molar-refractivity contribution in [2.24, 2.45) is 52.3 Å². The van der Waals surface area contributed by atoms with Crippen LogP contribution in [0.4, 0.5) is 0 Å². The molecule has 14 N–H and O–H groups in total. The van der Waals surface area contributed by atoms with Crippen LogP contribution < -0.4 is 0 Å². The van der Waals surface area contributed by atoms with Crippen LogP contribution in [0, 0.1) is 52.3 Å². The first-order valence-corrected chi connectivity index (χ1v) is 26.9. The molecule has 24 nitrogen and oxygen atoms in total. The van der Waals surface area contributed by atoms with Gasteiger partial charge in [-0.3, -0.25) is 0 Å². The molecule has 33 atom stereocenters. The van der Waals surface area contributed by atoms with Crippen LogP contribution in [0.5, 0.6) is 0 Å². The van der Waals surface area contributed by atoms with Crippen LogP contribution in [0.25, 0.3) is 0 Å². The van der Waals surface area contributed by atoms with Gasteiger partial charge >= 0.3 is 0 Å². The Morgan fingerprint density at radius 2 is 1.14 bits per heavy atom. The van der Waals surface area contributed by atoms with E-state index in [1.54, 1.807) is 0 Å². The third kappa shape index (κ3) is 9.35. The second-order valence-corrected chi connectivity index (χ2v) is 24.1. The Morgan fingerprint density at radius 3 is 1.82 bits per heavy atom. The van der Waals surface area contributed by atoms with E-state index in [0.29, 0.717) is 25.4 Å². The van der Waals surface area contributed by atoms with E-state index in [0.717, 1.165) is 38.5 Å². The lowest BCUT2D eigenvalue weighted by Crippen LogP contribution is -2.68. The molecule has 0 aromatic rings. The molecule has 24 heteroatoms. The molecule has 10 fully saturated rings. The van der Waals surface area contributed by atoms with Gasteiger partial charge in [0.05, 0.1) is 57.5 Å². The maximum atomic E-state index is 12.3. The fourth-order valence-electron chi connectivity index (χ4n) is 16.0. The summed E-state index contributed by atoms with van der Waals surface area (Å²) < 4.78 is 60.8. The van der Waals surface area contributed by atoms with Gasteiger partial charge in [0.15, 0.2) is 30.9 Å². The molecule has 0 bridgehead atoms. The SMILES string of the molecule is C[C@H]1CC[C@]2(OC1)O[C@H]1[C@H](O)[C@@H]3[C@H]4CC[C@@H]5C[C@H](O[C@H]6O[C@@H](CO)[C@H](O[C@H]7O[C@@H](CO)[C@H](O)[C@@H](O[C@H]8OC[C@H](O)[C@@H](O)[C@@H]8O)[C@@H]7O[C@H]7O[C@@H](CO)[C@H](O)[C@@H](O)[C@@H]7O)[C@@H](O)[C@@H]6O)[C@@H](O)C[C@@]5(C)[C@@H]4CC[C@@]3(C)[C@@H]1[C@@H]2C. The third-order valence-corrected chi connectivity index (χ3v) is 20.0. The van der Waals surface area contributed by atoms with Crippen molar-refractivity contribution in [3.8, 4) is 0 Å². The molecule has 10 rings (SSSR count). The van der Waals surface area contributed by atoms with Crippen LogP contribution in [0.15, 0.2) is 0 Å². The molecule has 10 aliphatic rings. The van der Waals surface area contributed by atoms with Crippen molar-refractivity contribution in [2.45, 2.75) is 226 Å². The number of aliphatic hydroxyl groups is 14. The van der Waals surface area contributed by atoms with E-state index >= 15 is 0 Å². The molecule has 1 spiro atoms. The summed E-state index contributed by atoms with van der Waals surface area (Å²) in [7, 11) is 0. The predicted octanol–water partition coefficient (Wildman–Crippen LogP) is -4.33. The summed E-state index contributed by atoms with van der Waals surface area (Å²) in [6.45, 7) is 6.51. The van der Waals surface area contributed by atoms with Gasteiger partial charge in [-0.1, -0.05) is 27.7 Å². The monoisotopic (exact) mass is 1070 g/mol. The number of aliphatic hydroxyl groups excluding tert-OH is 14. The third-order valence-electron chi connectivity index (χ3n) is 20.0. The molecule has 74 heavy (non-hydrogen) atoms. The van der Waals surface area contributed by atoms with Gasteiger partial charge in [-0.05, 0) is 85.4 Å². The fourth-order valence-corrected chi connectivity index (χ4v) is 16.0. The van der Waals surface area contributed by atoms with Crippen molar-refractivity contribution >= 4 is 0 Å². The number of ether oxygens (including phenoxy) is 10. The topological polar surface area (TPSA) is 376 Å². The van der Waals surface area contributed by atoms with E-state index in [9.17, 15) is 71.5 Å². The maximum absolute atomic E-state index is 12.3. The number of rotatable bonds is 11. The standard InChI is InChI=1S/C50H82O24/c1-18-7-10-50(66-16-18)19(2)29-41(74-50)34(59)30-21-6-5-20-11-25(23(54)12-49(20,4)22(21)8-9-48(29,30)3)67-45-39(64)36(61)40(28(15-53)70-45)71-47-43(73-46-38(63)35(60)32(57)26(13-51)68-46)42(33(58)27(14-52)69-47)72-44-37(62)31(56)24(55)17-65-44/h18-47,51-64H,5-17H2,1-4H3/t18-,19-,20+,21-,22+,23-,24-,25-,26-,27-,28-,29+,30-,31+,32-,33-,34+,35+,36-,37-,38-,39-,40-,41+,42+,43-,44+,45-,46+,47+,48-,49+,50-/m0/s1. The van der Waals surface area contributed by atoms with Crippen LogP contribution in [-0.2, 0) is 47.4 Å². The van der Waals surface area contributed by atoms with Gasteiger partial charge in [-0.15, -0.1) is 0 Å². The first-order valence-electron chi connectivity index (χ1n) is 26.9. The lowest BCUT2D eigenvalue weighted by molar-refractivity contribution is -0.404. The van der Waals surface area contributed by atoms with E-state index in [4.69, 9.17) is 47.4 Å². The molecule has 426 valence electrons. The summed E-state index contributed by atoms with van der Waals surface area (Å²) in [5.74, 6) is 0.623. The van der Waals surface area contributed by atoms with Crippen LogP contribution in [0.1, 0.15) is 79.1 Å². The Bertz CT molecular complexity index is 1900.